The second-order valence-electron chi connectivity index (χ2n) is 8.22. The number of hydrogen-bond donors (Lipinski definition) is 2. The zero-order valence-corrected chi connectivity index (χ0v) is 17.7. The van der Waals surface area contributed by atoms with Crippen molar-refractivity contribution in [3.05, 3.63) is 71.8 Å². The second kappa shape index (κ2) is 8.65. The molecule has 0 unspecified atom stereocenters. The quantitative estimate of drug-likeness (QED) is 0.675. The lowest BCUT2D eigenvalue weighted by molar-refractivity contribution is -0.139. The minimum Gasteiger partial charge on any atom is -0.396 e. The normalized spacial score (nSPS) is 21.9. The summed E-state index contributed by atoms with van der Waals surface area (Å²) in [7, 11) is 0. The smallest absolute Gasteiger partial charge is 0.264 e. The van der Waals surface area contributed by atoms with E-state index in [9.17, 15) is 14.7 Å². The topological polar surface area (TPSA) is 81.1 Å². The molecule has 2 N–H and O–H groups in total. The zero-order chi connectivity index (χ0) is 22.0. The molecular weight excluding hydrogens is 392 g/mol. The summed E-state index contributed by atoms with van der Waals surface area (Å²) in [6.45, 7) is 2.85. The number of hydrogen-bond acceptors (Lipinski definition) is 4. The summed E-state index contributed by atoms with van der Waals surface area (Å²) in [4.78, 5) is 29.0. The summed E-state index contributed by atoms with van der Waals surface area (Å²) in [5, 5.41) is 20.6. The van der Waals surface area contributed by atoms with Gasteiger partial charge in [0.2, 0.25) is 5.91 Å². The summed E-state index contributed by atoms with van der Waals surface area (Å²) >= 11 is 0. The van der Waals surface area contributed by atoms with Crippen LogP contribution in [0.3, 0.4) is 0 Å². The molecule has 162 valence electrons. The van der Waals surface area contributed by atoms with Crippen LogP contribution in [0.25, 0.3) is 0 Å². The molecule has 0 spiro atoms. The molecule has 6 heteroatoms. The van der Waals surface area contributed by atoms with Gasteiger partial charge in [0.05, 0.1) is 12.2 Å². The van der Waals surface area contributed by atoms with Crippen molar-refractivity contribution in [2.45, 2.75) is 38.3 Å². The van der Waals surface area contributed by atoms with Crippen molar-refractivity contribution in [1.29, 1.82) is 0 Å². The Kier molecular flexibility index (Phi) is 5.94. The van der Waals surface area contributed by atoms with Crippen molar-refractivity contribution in [1.82, 2.24) is 0 Å². The number of rotatable bonds is 7. The number of fused-ring (bicyclic) bond motifs is 1. The molecule has 0 aliphatic carbocycles. The number of benzene rings is 2. The SMILES string of the molecule is C[C@@H](/C=C/CCO)[C@]1(O)C(=O)N(Cc2cccc(N3CCCC3=O)c2)c2ccccc21. The number of carbonyl (C=O) groups is 2. The number of aliphatic hydroxyl groups excluding tert-OH is 1. The van der Waals surface area contributed by atoms with Crippen LogP contribution < -0.4 is 9.80 Å². The molecule has 1 fully saturated rings. The van der Waals surface area contributed by atoms with E-state index in [0.717, 1.165) is 17.7 Å². The van der Waals surface area contributed by atoms with Gasteiger partial charge < -0.3 is 20.0 Å². The van der Waals surface area contributed by atoms with E-state index >= 15 is 0 Å². The van der Waals surface area contributed by atoms with Crippen LogP contribution in [0.4, 0.5) is 11.4 Å². The number of amides is 2. The molecule has 0 bridgehead atoms. The molecule has 0 saturated carbocycles. The third kappa shape index (κ3) is 3.77. The highest BCUT2D eigenvalue weighted by Gasteiger charge is 2.52. The molecule has 2 heterocycles. The van der Waals surface area contributed by atoms with E-state index in [-0.39, 0.29) is 18.4 Å². The highest BCUT2D eigenvalue weighted by Crippen LogP contribution is 2.45. The molecule has 2 aromatic carbocycles. The van der Waals surface area contributed by atoms with Crippen molar-refractivity contribution < 1.29 is 19.8 Å². The second-order valence-corrected chi connectivity index (χ2v) is 8.22. The Bertz CT molecular complexity index is 1020. The zero-order valence-electron chi connectivity index (χ0n) is 17.7. The van der Waals surface area contributed by atoms with Crippen molar-refractivity contribution in [2.24, 2.45) is 5.92 Å². The van der Waals surface area contributed by atoms with Crippen LogP contribution in [0.2, 0.25) is 0 Å². The van der Waals surface area contributed by atoms with Crippen molar-refractivity contribution in [2.75, 3.05) is 23.0 Å². The fourth-order valence-electron chi connectivity index (χ4n) is 4.50. The average Bonchev–Trinajstić information content (AvgIpc) is 3.30. The third-order valence-electron chi connectivity index (χ3n) is 6.19. The van der Waals surface area contributed by atoms with E-state index < -0.39 is 11.5 Å². The van der Waals surface area contributed by atoms with Crippen molar-refractivity contribution >= 4 is 23.2 Å². The fraction of sp³-hybridized carbons (Fsp3) is 0.360. The first-order valence-electron chi connectivity index (χ1n) is 10.8. The van der Waals surface area contributed by atoms with Gasteiger partial charge >= 0.3 is 0 Å². The van der Waals surface area contributed by atoms with Gasteiger partial charge in [-0.3, -0.25) is 9.59 Å². The highest BCUT2D eigenvalue weighted by atomic mass is 16.3. The maximum atomic E-state index is 13.5. The number of para-hydroxylation sites is 1. The van der Waals surface area contributed by atoms with Crippen LogP contribution in [0.5, 0.6) is 0 Å². The van der Waals surface area contributed by atoms with Gasteiger partial charge in [-0.15, -0.1) is 0 Å². The van der Waals surface area contributed by atoms with E-state index in [2.05, 4.69) is 0 Å². The first-order valence-corrected chi connectivity index (χ1v) is 10.8. The Hall–Kier alpha value is -2.96. The monoisotopic (exact) mass is 420 g/mol. The fourth-order valence-corrected chi connectivity index (χ4v) is 4.50. The Morgan fingerprint density at radius 2 is 1.97 bits per heavy atom. The largest absolute Gasteiger partial charge is 0.396 e. The van der Waals surface area contributed by atoms with Gasteiger partial charge in [0.15, 0.2) is 5.60 Å². The molecule has 1 saturated heterocycles. The molecule has 6 nitrogen and oxygen atoms in total. The summed E-state index contributed by atoms with van der Waals surface area (Å²) in [6.07, 6.45) is 5.47. The Morgan fingerprint density at radius 1 is 1.16 bits per heavy atom. The maximum Gasteiger partial charge on any atom is 0.264 e. The van der Waals surface area contributed by atoms with Crippen LogP contribution >= 0.6 is 0 Å². The summed E-state index contributed by atoms with van der Waals surface area (Å²) in [5.74, 6) is -0.693. The number of carbonyl (C=O) groups excluding carboxylic acids is 2. The summed E-state index contributed by atoms with van der Waals surface area (Å²) < 4.78 is 0. The highest BCUT2D eigenvalue weighted by molar-refractivity contribution is 6.07. The van der Waals surface area contributed by atoms with Gasteiger partial charge in [0.25, 0.3) is 5.91 Å². The maximum absolute atomic E-state index is 13.5. The molecule has 2 aliphatic heterocycles. The number of aliphatic hydroxyl groups is 2. The Morgan fingerprint density at radius 3 is 2.71 bits per heavy atom. The first-order chi connectivity index (χ1) is 15.0. The molecule has 4 rings (SSSR count). The molecule has 31 heavy (non-hydrogen) atoms. The van der Waals surface area contributed by atoms with Gasteiger partial charge in [-0.2, -0.15) is 0 Å². The van der Waals surface area contributed by atoms with Crippen LogP contribution in [-0.2, 0) is 21.7 Å². The molecule has 2 aliphatic rings. The van der Waals surface area contributed by atoms with E-state index in [1.54, 1.807) is 28.0 Å². The van der Waals surface area contributed by atoms with Crippen molar-refractivity contribution in [3.63, 3.8) is 0 Å². The van der Waals surface area contributed by atoms with E-state index in [1.807, 2.05) is 49.4 Å². The minimum absolute atomic E-state index is 0.0220. The van der Waals surface area contributed by atoms with Gasteiger partial charge in [0.1, 0.15) is 0 Å². The molecule has 2 amide bonds. The standard InChI is InChI=1S/C25H28N2O4/c1-18(8-4-5-15-28)25(31)21-11-2-3-12-22(21)27(24(25)30)17-19-9-6-10-20(16-19)26-14-7-13-23(26)29/h2-4,6,8-12,16,18,28,31H,5,7,13-15,17H2,1H3/b8-4+/t18-,25+/m0/s1. The minimum atomic E-state index is -1.66. The number of anilines is 2. The first kappa shape index (κ1) is 21.3. The molecule has 0 aromatic heterocycles. The molecule has 0 radical (unpaired) electrons. The van der Waals surface area contributed by atoms with Crippen LogP contribution in [0.1, 0.15) is 37.3 Å². The van der Waals surface area contributed by atoms with Crippen LogP contribution in [0.15, 0.2) is 60.7 Å². The Labute approximate surface area is 182 Å². The lowest BCUT2D eigenvalue weighted by atomic mass is 9.83. The van der Waals surface area contributed by atoms with E-state index in [0.29, 0.717) is 37.2 Å². The predicted octanol–water partition coefficient (Wildman–Crippen LogP) is 3.12. The third-order valence-corrected chi connectivity index (χ3v) is 6.19. The van der Waals surface area contributed by atoms with Gasteiger partial charge in [-0.05, 0) is 36.6 Å². The lowest BCUT2D eigenvalue weighted by Gasteiger charge is -2.28. The predicted molar refractivity (Wildman–Crippen MR) is 120 cm³/mol. The Balaban J connectivity index is 1.64. The molecular formula is C25H28N2O4. The van der Waals surface area contributed by atoms with Gasteiger partial charge in [0, 0.05) is 36.7 Å². The molecule has 2 aromatic rings. The summed E-state index contributed by atoms with van der Waals surface area (Å²) in [6, 6.07) is 15.0. The van der Waals surface area contributed by atoms with Crippen molar-refractivity contribution in [3.8, 4) is 0 Å². The number of nitrogens with zero attached hydrogens (tertiary/aromatic N) is 2. The molecule has 2 atom stereocenters. The van der Waals surface area contributed by atoms with E-state index in [4.69, 9.17) is 5.11 Å². The van der Waals surface area contributed by atoms with Crippen LogP contribution in [0, 0.1) is 5.92 Å². The van der Waals surface area contributed by atoms with Gasteiger partial charge in [-0.25, -0.2) is 0 Å². The van der Waals surface area contributed by atoms with Gasteiger partial charge in [-0.1, -0.05) is 49.4 Å². The summed E-state index contributed by atoms with van der Waals surface area (Å²) in [5.41, 5.74) is 1.36. The lowest BCUT2D eigenvalue weighted by Crippen LogP contribution is -2.44. The van der Waals surface area contributed by atoms with E-state index in [1.165, 1.54) is 0 Å². The average molecular weight is 421 g/mol. The van der Waals surface area contributed by atoms with Crippen LogP contribution in [-0.4, -0.2) is 35.2 Å².